The Balaban J connectivity index is 1.69. The topological polar surface area (TPSA) is 90.7 Å². The van der Waals surface area contributed by atoms with E-state index in [1.54, 1.807) is 42.5 Å². The number of halogens is 1. The third kappa shape index (κ3) is 4.19. The van der Waals surface area contributed by atoms with E-state index in [0.29, 0.717) is 16.8 Å². The minimum Gasteiger partial charge on any atom is -0.350 e. The molecule has 0 saturated carbocycles. The second kappa shape index (κ2) is 7.85. The van der Waals surface area contributed by atoms with Crippen LogP contribution >= 0.6 is 0 Å². The molecule has 128 valence electrons. The maximum Gasteiger partial charge on any atom is 0.274 e. The highest BCUT2D eigenvalue weighted by Crippen LogP contribution is 2.12. The van der Waals surface area contributed by atoms with E-state index < -0.39 is 5.91 Å². The van der Waals surface area contributed by atoms with Gasteiger partial charge in [-0.2, -0.15) is 5.26 Å². The van der Waals surface area contributed by atoms with Crippen LogP contribution in [0.4, 0.5) is 16.0 Å². The summed E-state index contributed by atoms with van der Waals surface area (Å²) in [6.07, 6.45) is 1.44. The van der Waals surface area contributed by atoms with Crippen LogP contribution in [-0.4, -0.2) is 15.9 Å². The summed E-state index contributed by atoms with van der Waals surface area (Å²) < 4.78 is 13.6. The van der Waals surface area contributed by atoms with Gasteiger partial charge in [0.25, 0.3) is 5.91 Å². The molecule has 0 fully saturated rings. The van der Waals surface area contributed by atoms with Crippen LogP contribution in [0.1, 0.15) is 21.6 Å². The largest absolute Gasteiger partial charge is 0.350 e. The van der Waals surface area contributed by atoms with E-state index in [2.05, 4.69) is 20.6 Å². The van der Waals surface area contributed by atoms with Gasteiger partial charge >= 0.3 is 0 Å². The summed E-state index contributed by atoms with van der Waals surface area (Å²) in [5.41, 5.74) is 1.56. The number of anilines is 2. The molecule has 3 aromatic rings. The van der Waals surface area contributed by atoms with Gasteiger partial charge in [-0.05, 0) is 30.3 Å². The molecule has 2 N–H and O–H groups in total. The lowest BCUT2D eigenvalue weighted by atomic mass is 10.2. The third-order valence-corrected chi connectivity index (χ3v) is 3.53. The Labute approximate surface area is 149 Å². The number of nitriles is 1. The van der Waals surface area contributed by atoms with E-state index in [0.717, 1.165) is 0 Å². The first-order chi connectivity index (χ1) is 12.7. The van der Waals surface area contributed by atoms with Crippen molar-refractivity contribution in [1.29, 1.82) is 5.26 Å². The zero-order chi connectivity index (χ0) is 18.4. The average molecular weight is 347 g/mol. The number of amides is 1. The molecule has 7 heteroatoms. The second-order valence-corrected chi connectivity index (χ2v) is 5.36. The number of carbonyl (C=O) groups excluding carboxylic acids is 1. The van der Waals surface area contributed by atoms with Crippen LogP contribution < -0.4 is 10.6 Å². The normalized spacial score (nSPS) is 10.0. The summed E-state index contributed by atoms with van der Waals surface area (Å²) in [7, 11) is 0. The van der Waals surface area contributed by atoms with Gasteiger partial charge in [0.15, 0.2) is 0 Å². The van der Waals surface area contributed by atoms with E-state index in [1.165, 1.54) is 18.3 Å². The minimum atomic E-state index is -0.434. The predicted molar refractivity (Wildman–Crippen MR) is 94.9 cm³/mol. The Morgan fingerprint density at radius 3 is 2.81 bits per heavy atom. The lowest BCUT2D eigenvalue weighted by Crippen LogP contribution is -2.15. The van der Waals surface area contributed by atoms with Crippen molar-refractivity contribution < 1.29 is 9.18 Å². The Morgan fingerprint density at radius 1 is 1.15 bits per heavy atom. The summed E-state index contributed by atoms with van der Waals surface area (Å²) in [6, 6.07) is 16.4. The van der Waals surface area contributed by atoms with E-state index in [1.807, 2.05) is 6.07 Å². The van der Waals surface area contributed by atoms with Crippen LogP contribution in [0, 0.1) is 17.1 Å². The Bertz CT molecular complexity index is 983. The van der Waals surface area contributed by atoms with Crippen molar-refractivity contribution in [1.82, 2.24) is 9.97 Å². The first-order valence-corrected chi connectivity index (χ1v) is 7.77. The molecular formula is C19H14FN5O. The predicted octanol–water partition coefficient (Wildman–Crippen LogP) is 3.35. The minimum absolute atomic E-state index is 0.151. The number of hydrogen-bond donors (Lipinski definition) is 2. The van der Waals surface area contributed by atoms with Gasteiger partial charge in [0.2, 0.25) is 5.95 Å². The van der Waals surface area contributed by atoms with Gasteiger partial charge in [0.1, 0.15) is 11.5 Å². The summed E-state index contributed by atoms with van der Waals surface area (Å²) in [5, 5.41) is 14.5. The molecule has 0 aliphatic carbocycles. The van der Waals surface area contributed by atoms with E-state index in [-0.39, 0.29) is 24.0 Å². The summed E-state index contributed by atoms with van der Waals surface area (Å²) in [5.74, 6) is -0.547. The van der Waals surface area contributed by atoms with Crippen molar-refractivity contribution in [3.05, 3.63) is 83.4 Å². The summed E-state index contributed by atoms with van der Waals surface area (Å²) in [6.45, 7) is 0.196. The number of hydrogen-bond acceptors (Lipinski definition) is 5. The number of carbonyl (C=O) groups is 1. The molecule has 0 atom stereocenters. The monoisotopic (exact) mass is 347 g/mol. The molecule has 0 saturated heterocycles. The van der Waals surface area contributed by atoms with Crippen LogP contribution in [0.25, 0.3) is 0 Å². The fourth-order valence-electron chi connectivity index (χ4n) is 2.25. The van der Waals surface area contributed by atoms with Crippen molar-refractivity contribution >= 4 is 17.5 Å². The van der Waals surface area contributed by atoms with Gasteiger partial charge < -0.3 is 10.6 Å². The smallest absolute Gasteiger partial charge is 0.274 e. The summed E-state index contributed by atoms with van der Waals surface area (Å²) >= 11 is 0. The quantitative estimate of drug-likeness (QED) is 0.738. The number of benzene rings is 2. The highest BCUT2D eigenvalue weighted by atomic mass is 19.1. The summed E-state index contributed by atoms with van der Waals surface area (Å²) in [4.78, 5) is 20.5. The molecule has 1 amide bonds. The molecule has 0 aliphatic heterocycles. The molecule has 0 aliphatic rings. The number of rotatable bonds is 5. The fourth-order valence-corrected chi connectivity index (χ4v) is 2.25. The van der Waals surface area contributed by atoms with Gasteiger partial charge in [-0.1, -0.05) is 24.3 Å². The van der Waals surface area contributed by atoms with Crippen LogP contribution in [0.5, 0.6) is 0 Å². The van der Waals surface area contributed by atoms with E-state index >= 15 is 0 Å². The van der Waals surface area contributed by atoms with Crippen molar-refractivity contribution in [3.63, 3.8) is 0 Å². The van der Waals surface area contributed by atoms with E-state index in [9.17, 15) is 9.18 Å². The lowest BCUT2D eigenvalue weighted by Gasteiger charge is -2.08. The lowest BCUT2D eigenvalue weighted by molar-refractivity contribution is 0.102. The molecule has 26 heavy (non-hydrogen) atoms. The molecule has 6 nitrogen and oxygen atoms in total. The van der Waals surface area contributed by atoms with Crippen molar-refractivity contribution in [3.8, 4) is 6.07 Å². The van der Waals surface area contributed by atoms with Crippen LogP contribution in [0.2, 0.25) is 0 Å². The molecule has 0 spiro atoms. The van der Waals surface area contributed by atoms with Crippen LogP contribution in [0.15, 0.2) is 60.8 Å². The molecule has 2 aromatic carbocycles. The van der Waals surface area contributed by atoms with Gasteiger partial charge in [0.05, 0.1) is 11.6 Å². The number of aromatic nitrogens is 2. The Hall–Kier alpha value is -3.79. The molecule has 0 bridgehead atoms. The molecular weight excluding hydrogens is 333 g/mol. The number of nitrogens with one attached hydrogen (secondary N) is 2. The number of nitrogens with zero attached hydrogens (tertiary/aromatic N) is 3. The van der Waals surface area contributed by atoms with Crippen molar-refractivity contribution in [2.45, 2.75) is 6.54 Å². The Kier molecular flexibility index (Phi) is 5.15. The average Bonchev–Trinajstić information content (AvgIpc) is 2.68. The maximum absolute atomic E-state index is 13.6. The van der Waals surface area contributed by atoms with Gasteiger partial charge in [-0.25, -0.2) is 14.4 Å². The maximum atomic E-state index is 13.6. The van der Waals surface area contributed by atoms with Gasteiger partial charge in [-0.3, -0.25) is 4.79 Å². The highest BCUT2D eigenvalue weighted by molar-refractivity contribution is 6.03. The highest BCUT2D eigenvalue weighted by Gasteiger charge is 2.10. The zero-order valence-electron chi connectivity index (χ0n) is 13.6. The standard InChI is InChI=1S/C19H14FN5O/c20-16-7-2-1-5-14(16)12-23-19-22-9-8-17(25-19)18(26)24-15-6-3-4-13(10-15)11-21/h1-10H,12H2,(H,24,26)(H,22,23,25). The first-order valence-electron chi connectivity index (χ1n) is 7.77. The first kappa shape index (κ1) is 17.0. The molecule has 3 rings (SSSR count). The Morgan fingerprint density at radius 2 is 2.00 bits per heavy atom. The molecule has 0 radical (unpaired) electrons. The molecule has 1 heterocycles. The SMILES string of the molecule is N#Cc1cccc(NC(=O)c2ccnc(NCc3ccccc3F)n2)c1. The van der Waals surface area contributed by atoms with Crippen LogP contribution in [-0.2, 0) is 6.54 Å². The second-order valence-electron chi connectivity index (χ2n) is 5.36. The van der Waals surface area contributed by atoms with Crippen molar-refractivity contribution in [2.75, 3.05) is 10.6 Å². The van der Waals surface area contributed by atoms with Gasteiger partial charge in [-0.15, -0.1) is 0 Å². The third-order valence-electron chi connectivity index (χ3n) is 3.53. The molecule has 0 unspecified atom stereocenters. The zero-order valence-corrected chi connectivity index (χ0v) is 13.6. The fraction of sp³-hybridized carbons (Fsp3) is 0.0526. The van der Waals surface area contributed by atoms with E-state index in [4.69, 9.17) is 5.26 Å². The van der Waals surface area contributed by atoms with Crippen LogP contribution in [0.3, 0.4) is 0 Å². The van der Waals surface area contributed by atoms with Crippen molar-refractivity contribution in [2.24, 2.45) is 0 Å². The van der Waals surface area contributed by atoms with Gasteiger partial charge in [0, 0.05) is 24.0 Å². The molecule has 1 aromatic heterocycles.